The Morgan fingerprint density at radius 3 is 2.30 bits per heavy atom. The standard InChI is InChI=1S/C43H59N5O7Si2/c1-12-21-52-40-35-39(48(24-44-35)31-22-29(55-57(10,11)43(5,6)7)30(54-31)23-53-56(8,9)42(2,3)4)46-41(47-40)45-34-33-28(36(49)38(51)37(34)50)20-19-26-18-17-25-15-13-14-16-27(25)32(26)33/h12-20,24,29-31,34,36-38,49-51H,1,21-23H2,2-11H3,(H,45,46,47)/t29-,30+,31+,34-,36-,37+,38+/m0/s1. The van der Waals surface area contributed by atoms with Crippen LogP contribution in [0.15, 0.2) is 67.5 Å². The summed E-state index contributed by atoms with van der Waals surface area (Å²) < 4.78 is 28.6. The fourth-order valence-corrected chi connectivity index (χ4v) is 9.75. The Hall–Kier alpha value is -3.74. The lowest BCUT2D eigenvalue weighted by atomic mass is 9.78. The van der Waals surface area contributed by atoms with Crippen LogP contribution in [0.1, 0.15) is 77.5 Å². The van der Waals surface area contributed by atoms with Crippen molar-refractivity contribution in [3.05, 3.63) is 78.6 Å². The molecule has 1 saturated heterocycles. The Morgan fingerprint density at radius 1 is 0.912 bits per heavy atom. The van der Waals surface area contributed by atoms with E-state index in [1.165, 1.54) is 0 Å². The Bertz CT molecular complexity index is 2280. The smallest absolute Gasteiger partial charge is 0.247 e. The number of anilines is 1. The third kappa shape index (κ3) is 7.66. The lowest BCUT2D eigenvalue weighted by molar-refractivity contribution is -0.0767. The first kappa shape index (κ1) is 41.4. The minimum absolute atomic E-state index is 0.00759. The summed E-state index contributed by atoms with van der Waals surface area (Å²) in [7, 11) is -4.31. The quantitative estimate of drug-likeness (QED) is 0.0579. The van der Waals surface area contributed by atoms with E-state index >= 15 is 0 Å². The van der Waals surface area contributed by atoms with E-state index in [2.05, 4.69) is 85.7 Å². The first-order chi connectivity index (χ1) is 26.7. The molecule has 0 radical (unpaired) electrons. The van der Waals surface area contributed by atoms with Crippen LogP contribution >= 0.6 is 0 Å². The van der Waals surface area contributed by atoms with Crippen molar-refractivity contribution in [1.29, 1.82) is 0 Å². The monoisotopic (exact) mass is 813 g/mol. The van der Waals surface area contributed by atoms with Gasteiger partial charge in [0, 0.05) is 6.42 Å². The van der Waals surface area contributed by atoms with Crippen molar-refractivity contribution in [2.75, 3.05) is 18.5 Å². The van der Waals surface area contributed by atoms with Gasteiger partial charge in [-0.3, -0.25) is 4.57 Å². The molecular formula is C43H59N5O7Si2. The van der Waals surface area contributed by atoms with Crippen LogP contribution in [0, 0.1) is 0 Å². The van der Waals surface area contributed by atoms with Crippen LogP contribution < -0.4 is 10.1 Å². The summed E-state index contributed by atoms with van der Waals surface area (Å²) in [4.78, 5) is 14.5. The third-order valence-electron chi connectivity index (χ3n) is 12.8. The van der Waals surface area contributed by atoms with Gasteiger partial charge in [0.15, 0.2) is 27.8 Å². The van der Waals surface area contributed by atoms with Gasteiger partial charge in [-0.25, -0.2) is 4.98 Å². The zero-order valence-electron chi connectivity index (χ0n) is 34.9. The Balaban J connectivity index is 1.30. The largest absolute Gasteiger partial charge is 0.472 e. The second kappa shape index (κ2) is 15.1. The number of aliphatic hydroxyl groups excluding tert-OH is 3. The second-order valence-electron chi connectivity index (χ2n) is 18.6. The van der Waals surface area contributed by atoms with Crippen LogP contribution in [0.5, 0.6) is 5.88 Å². The molecule has 5 aromatic rings. The Labute approximate surface area is 337 Å². The number of aromatic nitrogens is 4. The van der Waals surface area contributed by atoms with Crippen molar-refractivity contribution in [1.82, 2.24) is 19.5 Å². The number of aliphatic hydroxyl groups is 3. The van der Waals surface area contributed by atoms with Crippen molar-refractivity contribution in [2.45, 2.75) is 127 Å². The molecule has 1 aliphatic carbocycles. The summed E-state index contributed by atoms with van der Waals surface area (Å²) in [6.07, 6.45) is -1.34. The molecule has 2 aliphatic rings. The molecule has 2 aromatic heterocycles. The minimum atomic E-state index is -2.21. The van der Waals surface area contributed by atoms with Crippen molar-refractivity contribution in [3.8, 4) is 5.88 Å². The van der Waals surface area contributed by atoms with Gasteiger partial charge >= 0.3 is 0 Å². The van der Waals surface area contributed by atoms with E-state index in [0.717, 1.165) is 21.5 Å². The molecule has 0 bridgehead atoms. The van der Waals surface area contributed by atoms with Gasteiger partial charge in [-0.05, 0) is 68.9 Å². The van der Waals surface area contributed by atoms with Gasteiger partial charge in [0.05, 0.1) is 25.1 Å². The number of rotatable bonds is 11. The highest BCUT2D eigenvalue weighted by Gasteiger charge is 2.47. The fraction of sp³-hybridized carbons (Fsp3) is 0.512. The highest BCUT2D eigenvalue weighted by atomic mass is 28.4. The van der Waals surface area contributed by atoms with Gasteiger partial charge in [0.25, 0.3) is 0 Å². The van der Waals surface area contributed by atoms with Gasteiger partial charge in [-0.15, -0.1) is 0 Å². The van der Waals surface area contributed by atoms with E-state index in [9.17, 15) is 15.3 Å². The van der Waals surface area contributed by atoms with E-state index < -0.39 is 47.2 Å². The molecule has 14 heteroatoms. The molecule has 0 unspecified atom stereocenters. The number of benzene rings is 3. The van der Waals surface area contributed by atoms with E-state index in [1.54, 1.807) is 12.4 Å². The molecule has 7 atom stereocenters. The summed E-state index contributed by atoms with van der Waals surface area (Å²) in [6.45, 7) is 26.8. The van der Waals surface area contributed by atoms with Crippen LogP contribution in [0.25, 0.3) is 32.7 Å². The van der Waals surface area contributed by atoms with Crippen LogP contribution in [0.4, 0.5) is 5.95 Å². The highest BCUT2D eigenvalue weighted by molar-refractivity contribution is 6.74. The van der Waals surface area contributed by atoms with E-state index in [0.29, 0.717) is 35.3 Å². The molecule has 3 aromatic carbocycles. The molecule has 0 amide bonds. The fourth-order valence-electron chi connectivity index (χ4n) is 7.38. The van der Waals surface area contributed by atoms with Crippen LogP contribution in [-0.2, 0) is 13.6 Å². The number of imidazole rings is 1. The Morgan fingerprint density at radius 2 is 1.60 bits per heavy atom. The molecule has 7 rings (SSSR count). The molecule has 1 fully saturated rings. The first-order valence-electron chi connectivity index (χ1n) is 19.9. The molecule has 4 N–H and O–H groups in total. The zero-order chi connectivity index (χ0) is 41.2. The van der Waals surface area contributed by atoms with Gasteiger partial charge in [-0.1, -0.05) is 103 Å². The second-order valence-corrected chi connectivity index (χ2v) is 28.2. The first-order valence-corrected chi connectivity index (χ1v) is 25.7. The minimum Gasteiger partial charge on any atom is -0.472 e. The van der Waals surface area contributed by atoms with E-state index in [1.807, 2.05) is 47.0 Å². The number of nitrogens with one attached hydrogen (secondary N) is 1. The number of ether oxygens (including phenoxy) is 2. The summed E-state index contributed by atoms with van der Waals surface area (Å²) >= 11 is 0. The van der Waals surface area contributed by atoms with Crippen molar-refractivity contribution in [3.63, 3.8) is 0 Å². The van der Waals surface area contributed by atoms with E-state index in [-0.39, 0.29) is 40.7 Å². The summed E-state index contributed by atoms with van der Waals surface area (Å²) in [5.74, 6) is 0.365. The molecule has 306 valence electrons. The summed E-state index contributed by atoms with van der Waals surface area (Å²) in [5, 5.41) is 41.3. The normalized spacial score (nSPS) is 24.6. The van der Waals surface area contributed by atoms with Crippen molar-refractivity contribution < 1.29 is 33.6 Å². The average Bonchev–Trinajstić information content (AvgIpc) is 3.76. The Kier molecular flexibility index (Phi) is 11.0. The van der Waals surface area contributed by atoms with Gasteiger partial charge in [0.2, 0.25) is 11.8 Å². The maximum Gasteiger partial charge on any atom is 0.247 e. The lowest BCUT2D eigenvalue weighted by Gasteiger charge is -2.40. The molecule has 12 nitrogen and oxygen atoms in total. The van der Waals surface area contributed by atoms with Crippen molar-refractivity contribution >= 4 is 55.3 Å². The SMILES string of the molecule is C=CCOc1nc(N[C@H]2c3c(ccc4ccc5ccccc5c34)[C@H](O)[C@@H](O)[C@@H]2O)nc2c1ncn2[C@H]1C[C@H](O[Si](C)(C)C(C)(C)C)[C@@H](CO[Si](C)(C)C(C)(C)C)O1. The number of hydrogen-bond acceptors (Lipinski definition) is 11. The third-order valence-corrected chi connectivity index (χ3v) is 21.8. The predicted molar refractivity (Wildman–Crippen MR) is 230 cm³/mol. The summed E-state index contributed by atoms with van der Waals surface area (Å²) in [6, 6.07) is 14.9. The molecule has 0 spiro atoms. The topological polar surface area (TPSA) is 153 Å². The van der Waals surface area contributed by atoms with Gasteiger partial charge < -0.3 is 39.0 Å². The van der Waals surface area contributed by atoms with Crippen LogP contribution in [0.2, 0.25) is 36.3 Å². The number of fused-ring (bicyclic) bond motifs is 6. The maximum absolute atomic E-state index is 11.7. The van der Waals surface area contributed by atoms with Gasteiger partial charge in [0.1, 0.15) is 37.3 Å². The predicted octanol–water partition coefficient (Wildman–Crippen LogP) is 8.32. The summed E-state index contributed by atoms with van der Waals surface area (Å²) in [5.41, 5.74) is 2.07. The van der Waals surface area contributed by atoms with Crippen molar-refractivity contribution in [2.24, 2.45) is 0 Å². The average molecular weight is 814 g/mol. The highest BCUT2D eigenvalue weighted by Crippen LogP contribution is 2.46. The van der Waals surface area contributed by atoms with Crippen LogP contribution in [0.3, 0.4) is 0 Å². The lowest BCUT2D eigenvalue weighted by Crippen LogP contribution is -2.48. The maximum atomic E-state index is 11.7. The van der Waals surface area contributed by atoms with E-state index in [4.69, 9.17) is 33.3 Å². The molecule has 1 aliphatic heterocycles. The molecule has 0 saturated carbocycles. The molecule has 3 heterocycles. The molecule has 57 heavy (non-hydrogen) atoms. The molecular weight excluding hydrogens is 755 g/mol. The zero-order valence-corrected chi connectivity index (χ0v) is 36.9. The number of nitrogens with zero attached hydrogens (tertiary/aromatic N) is 4. The van der Waals surface area contributed by atoms with Gasteiger partial charge in [-0.2, -0.15) is 9.97 Å². The van der Waals surface area contributed by atoms with Crippen LogP contribution in [-0.4, -0.2) is 89.1 Å². The number of hydrogen-bond donors (Lipinski definition) is 4.